The van der Waals surface area contributed by atoms with Crippen LogP contribution >= 0.6 is 0 Å². The van der Waals surface area contributed by atoms with Crippen molar-refractivity contribution < 1.29 is 27.0 Å². The number of methoxy groups -OCH3 is 2. The standard InChI is InChI=1S/C15H15NO7S/c1-10-4-6-12(7-5-10)24(19,20)23-14-9-11(16(17)18)8-13(21-2)15(14)22-3/h4-9H,1-3H3. The Morgan fingerprint density at radius 1 is 1.00 bits per heavy atom. The lowest BCUT2D eigenvalue weighted by Gasteiger charge is -2.13. The van der Waals surface area contributed by atoms with Gasteiger partial charge in [-0.25, -0.2) is 0 Å². The summed E-state index contributed by atoms with van der Waals surface area (Å²) >= 11 is 0. The minimum atomic E-state index is -4.19. The monoisotopic (exact) mass is 353 g/mol. The fourth-order valence-electron chi connectivity index (χ4n) is 1.95. The fourth-order valence-corrected chi connectivity index (χ4v) is 2.88. The summed E-state index contributed by atoms with van der Waals surface area (Å²) in [7, 11) is -1.64. The van der Waals surface area contributed by atoms with E-state index in [4.69, 9.17) is 13.7 Å². The maximum atomic E-state index is 12.4. The molecule has 0 saturated carbocycles. The van der Waals surface area contributed by atoms with Gasteiger partial charge in [0.1, 0.15) is 4.90 Å². The SMILES string of the molecule is COc1cc([N+](=O)[O-])cc(OS(=O)(=O)c2ccc(C)cc2)c1OC. The lowest BCUT2D eigenvalue weighted by molar-refractivity contribution is -0.385. The van der Waals surface area contributed by atoms with Gasteiger partial charge in [0.15, 0.2) is 11.5 Å². The van der Waals surface area contributed by atoms with Crippen LogP contribution in [-0.4, -0.2) is 27.6 Å². The number of aryl methyl sites for hydroxylation is 1. The first-order valence-electron chi connectivity index (χ1n) is 6.70. The highest BCUT2D eigenvalue weighted by atomic mass is 32.2. The molecule has 0 unspecified atom stereocenters. The largest absolute Gasteiger partial charge is 0.492 e. The number of rotatable bonds is 6. The van der Waals surface area contributed by atoms with E-state index in [1.54, 1.807) is 12.1 Å². The lowest BCUT2D eigenvalue weighted by atomic mass is 10.2. The summed E-state index contributed by atoms with van der Waals surface area (Å²) in [6.07, 6.45) is 0. The van der Waals surface area contributed by atoms with Crippen molar-refractivity contribution in [2.24, 2.45) is 0 Å². The van der Waals surface area contributed by atoms with E-state index in [1.165, 1.54) is 26.4 Å². The fraction of sp³-hybridized carbons (Fsp3) is 0.200. The molecule has 0 heterocycles. The molecule has 0 aliphatic rings. The van der Waals surface area contributed by atoms with Gasteiger partial charge in [0.05, 0.1) is 31.3 Å². The Balaban J connectivity index is 2.52. The van der Waals surface area contributed by atoms with Gasteiger partial charge in [0.2, 0.25) is 5.75 Å². The van der Waals surface area contributed by atoms with Crippen molar-refractivity contribution in [2.75, 3.05) is 14.2 Å². The first-order valence-corrected chi connectivity index (χ1v) is 8.11. The molecule has 0 amide bonds. The highest BCUT2D eigenvalue weighted by Gasteiger charge is 2.25. The van der Waals surface area contributed by atoms with Gasteiger partial charge in [-0.3, -0.25) is 10.1 Å². The van der Waals surface area contributed by atoms with Gasteiger partial charge in [-0.2, -0.15) is 8.42 Å². The molecule has 0 spiro atoms. The molecule has 0 atom stereocenters. The molecular formula is C15H15NO7S. The molecule has 0 aliphatic heterocycles. The smallest absolute Gasteiger partial charge is 0.339 e. The van der Waals surface area contributed by atoms with Crippen LogP contribution in [0.5, 0.6) is 17.2 Å². The molecule has 0 aliphatic carbocycles. The van der Waals surface area contributed by atoms with Crippen LogP contribution in [0.3, 0.4) is 0 Å². The van der Waals surface area contributed by atoms with Gasteiger partial charge in [-0.05, 0) is 19.1 Å². The van der Waals surface area contributed by atoms with E-state index in [-0.39, 0.29) is 27.8 Å². The molecule has 8 nitrogen and oxygen atoms in total. The van der Waals surface area contributed by atoms with Crippen LogP contribution in [0, 0.1) is 17.0 Å². The second kappa shape index (κ2) is 6.75. The maximum absolute atomic E-state index is 12.4. The van der Waals surface area contributed by atoms with E-state index in [9.17, 15) is 18.5 Å². The van der Waals surface area contributed by atoms with Crippen LogP contribution in [0.4, 0.5) is 5.69 Å². The summed E-state index contributed by atoms with van der Waals surface area (Å²) in [5.74, 6) is -0.399. The van der Waals surface area contributed by atoms with Crippen molar-refractivity contribution in [1.82, 2.24) is 0 Å². The number of nitrogens with zero attached hydrogens (tertiary/aromatic N) is 1. The number of nitro groups is 1. The lowest BCUT2D eigenvalue weighted by Crippen LogP contribution is -2.11. The molecule has 0 saturated heterocycles. The molecular weight excluding hydrogens is 338 g/mol. The Hall–Kier alpha value is -2.81. The third-order valence-corrected chi connectivity index (χ3v) is 4.40. The Labute approximate surface area is 138 Å². The van der Waals surface area contributed by atoms with E-state index in [1.807, 2.05) is 6.92 Å². The third kappa shape index (κ3) is 3.57. The number of nitro benzene ring substituents is 1. The third-order valence-electron chi connectivity index (χ3n) is 3.15. The van der Waals surface area contributed by atoms with Crippen molar-refractivity contribution in [3.8, 4) is 17.2 Å². The zero-order chi connectivity index (χ0) is 17.9. The maximum Gasteiger partial charge on any atom is 0.339 e. The van der Waals surface area contributed by atoms with Gasteiger partial charge in [0, 0.05) is 0 Å². The summed E-state index contributed by atoms with van der Waals surface area (Å²) < 4.78 is 39.9. The molecule has 9 heteroatoms. The molecule has 0 fully saturated rings. The van der Waals surface area contributed by atoms with Crippen LogP contribution < -0.4 is 13.7 Å². The summed E-state index contributed by atoms with van der Waals surface area (Å²) in [5, 5.41) is 11.0. The van der Waals surface area contributed by atoms with Crippen molar-refractivity contribution in [3.63, 3.8) is 0 Å². The van der Waals surface area contributed by atoms with Gasteiger partial charge in [-0.1, -0.05) is 17.7 Å². The molecule has 128 valence electrons. The van der Waals surface area contributed by atoms with Gasteiger partial charge < -0.3 is 13.7 Å². The van der Waals surface area contributed by atoms with E-state index < -0.39 is 15.0 Å². The minimum Gasteiger partial charge on any atom is -0.492 e. The number of non-ortho nitro benzene ring substituents is 1. The van der Waals surface area contributed by atoms with Crippen LogP contribution in [-0.2, 0) is 10.1 Å². The molecule has 0 aromatic heterocycles. The van der Waals surface area contributed by atoms with Gasteiger partial charge in [0.25, 0.3) is 5.69 Å². The first kappa shape index (κ1) is 17.5. The topological polar surface area (TPSA) is 105 Å². The molecule has 24 heavy (non-hydrogen) atoms. The van der Waals surface area contributed by atoms with Crippen LogP contribution in [0.1, 0.15) is 5.56 Å². The van der Waals surface area contributed by atoms with E-state index in [0.717, 1.165) is 17.7 Å². The summed E-state index contributed by atoms with van der Waals surface area (Å²) in [4.78, 5) is 10.2. The van der Waals surface area contributed by atoms with Crippen molar-refractivity contribution in [1.29, 1.82) is 0 Å². The van der Waals surface area contributed by atoms with Crippen molar-refractivity contribution in [3.05, 3.63) is 52.1 Å². The van der Waals surface area contributed by atoms with Crippen LogP contribution in [0.15, 0.2) is 41.3 Å². The highest BCUT2D eigenvalue weighted by Crippen LogP contribution is 2.41. The molecule has 0 N–H and O–H groups in total. The van der Waals surface area contributed by atoms with Gasteiger partial charge in [-0.15, -0.1) is 0 Å². The second-order valence-electron chi connectivity index (χ2n) is 4.79. The quantitative estimate of drug-likeness (QED) is 0.446. The zero-order valence-electron chi connectivity index (χ0n) is 13.2. The normalized spacial score (nSPS) is 11.0. The number of hydrogen-bond acceptors (Lipinski definition) is 7. The highest BCUT2D eigenvalue weighted by molar-refractivity contribution is 7.87. The Morgan fingerprint density at radius 2 is 1.58 bits per heavy atom. The number of ether oxygens (including phenoxy) is 2. The Bertz CT molecular complexity index is 860. The van der Waals surface area contributed by atoms with Crippen LogP contribution in [0.2, 0.25) is 0 Å². The minimum absolute atomic E-state index is 0.0131. The van der Waals surface area contributed by atoms with E-state index in [2.05, 4.69) is 0 Å². The molecule has 0 radical (unpaired) electrons. The number of benzene rings is 2. The van der Waals surface area contributed by atoms with Crippen molar-refractivity contribution in [2.45, 2.75) is 11.8 Å². The molecule has 2 aromatic rings. The molecule has 0 bridgehead atoms. The summed E-state index contributed by atoms with van der Waals surface area (Å²) in [6, 6.07) is 8.07. The molecule has 2 aromatic carbocycles. The van der Waals surface area contributed by atoms with Gasteiger partial charge >= 0.3 is 10.1 Å². The average molecular weight is 353 g/mol. The summed E-state index contributed by atoms with van der Waals surface area (Å²) in [6.45, 7) is 1.81. The summed E-state index contributed by atoms with van der Waals surface area (Å²) in [5.41, 5.74) is 0.491. The predicted octanol–water partition coefficient (Wildman–Crippen LogP) is 2.69. The van der Waals surface area contributed by atoms with E-state index >= 15 is 0 Å². The molecule has 2 rings (SSSR count). The first-order chi connectivity index (χ1) is 11.3. The van der Waals surface area contributed by atoms with Crippen molar-refractivity contribution >= 4 is 15.8 Å². The zero-order valence-corrected chi connectivity index (χ0v) is 14.0. The van der Waals surface area contributed by atoms with Crippen LogP contribution in [0.25, 0.3) is 0 Å². The Morgan fingerprint density at radius 3 is 2.08 bits per heavy atom. The second-order valence-corrected chi connectivity index (χ2v) is 6.33. The van der Waals surface area contributed by atoms with E-state index in [0.29, 0.717) is 0 Å². The average Bonchev–Trinajstić information content (AvgIpc) is 2.53. The number of hydrogen-bond donors (Lipinski definition) is 0. The predicted molar refractivity (Wildman–Crippen MR) is 85.2 cm³/mol. The Kier molecular flexibility index (Phi) is 4.93.